The predicted molar refractivity (Wildman–Crippen MR) is 73.3 cm³/mol. The Morgan fingerprint density at radius 2 is 2.05 bits per heavy atom. The Hall–Kier alpha value is -1.92. The maximum absolute atomic E-state index is 14.6. The smallest absolute Gasteiger partial charge is 0.272 e. The van der Waals surface area contributed by atoms with E-state index in [4.69, 9.17) is 0 Å². The van der Waals surface area contributed by atoms with Crippen LogP contribution in [0.2, 0.25) is 0 Å². The molecule has 1 saturated carbocycles. The first-order valence-electron chi connectivity index (χ1n) is 7.27. The van der Waals surface area contributed by atoms with Crippen molar-refractivity contribution in [1.29, 1.82) is 0 Å². The predicted octanol–water partition coefficient (Wildman–Crippen LogP) is 0.643. The van der Waals surface area contributed by atoms with Gasteiger partial charge >= 0.3 is 0 Å². The number of rotatable bonds is 3. The first kappa shape index (κ1) is 14.0. The van der Waals surface area contributed by atoms with Crippen LogP contribution in [0, 0.1) is 0 Å². The first-order chi connectivity index (χ1) is 9.99. The van der Waals surface area contributed by atoms with Crippen molar-refractivity contribution >= 4 is 11.8 Å². The molecule has 114 valence electrons. The fraction of sp³-hybridized carbons (Fsp3) is 0.643. The van der Waals surface area contributed by atoms with Gasteiger partial charge in [0, 0.05) is 45.2 Å². The van der Waals surface area contributed by atoms with E-state index in [9.17, 15) is 14.0 Å². The molecule has 0 radical (unpaired) electrons. The summed E-state index contributed by atoms with van der Waals surface area (Å²) in [4.78, 5) is 25.8. The molecule has 1 aromatic rings. The van der Waals surface area contributed by atoms with Crippen molar-refractivity contribution in [2.75, 3.05) is 13.1 Å². The van der Waals surface area contributed by atoms with Crippen LogP contribution in [-0.2, 0) is 11.8 Å². The molecule has 0 spiro atoms. The highest BCUT2D eigenvalue weighted by Gasteiger charge is 2.44. The lowest BCUT2D eigenvalue weighted by atomic mass is 9.92. The van der Waals surface area contributed by atoms with Gasteiger partial charge in [0.2, 0.25) is 0 Å². The minimum absolute atomic E-state index is 0.0507. The van der Waals surface area contributed by atoms with Crippen LogP contribution in [-0.4, -0.2) is 51.3 Å². The van der Waals surface area contributed by atoms with Gasteiger partial charge in [-0.15, -0.1) is 0 Å². The molecule has 0 aromatic carbocycles. The van der Waals surface area contributed by atoms with E-state index in [0.29, 0.717) is 5.69 Å². The molecule has 0 bridgehead atoms. The molecule has 3 rings (SSSR count). The second-order valence-corrected chi connectivity index (χ2v) is 5.85. The van der Waals surface area contributed by atoms with Crippen LogP contribution in [0.15, 0.2) is 12.3 Å². The molecule has 0 atom stereocenters. The number of nitrogens with zero attached hydrogens (tertiary/aromatic N) is 3. The fourth-order valence-corrected chi connectivity index (χ4v) is 2.58. The van der Waals surface area contributed by atoms with Crippen LogP contribution in [0.1, 0.15) is 36.2 Å². The van der Waals surface area contributed by atoms with E-state index in [0.717, 1.165) is 12.8 Å². The summed E-state index contributed by atoms with van der Waals surface area (Å²) in [5.74, 6) is -0.683. The Labute approximate surface area is 122 Å². The van der Waals surface area contributed by atoms with Gasteiger partial charge < -0.3 is 10.2 Å². The number of halogens is 1. The largest absolute Gasteiger partial charge is 0.351 e. The van der Waals surface area contributed by atoms with Crippen molar-refractivity contribution in [3.63, 3.8) is 0 Å². The minimum Gasteiger partial charge on any atom is -0.351 e. The van der Waals surface area contributed by atoms with Crippen molar-refractivity contribution in [1.82, 2.24) is 20.0 Å². The van der Waals surface area contributed by atoms with E-state index in [-0.39, 0.29) is 37.9 Å². The summed E-state index contributed by atoms with van der Waals surface area (Å²) in [5.41, 5.74) is -1.37. The molecule has 6 nitrogen and oxygen atoms in total. The molecule has 2 heterocycles. The quantitative estimate of drug-likeness (QED) is 0.890. The van der Waals surface area contributed by atoms with E-state index in [1.807, 2.05) is 0 Å². The van der Waals surface area contributed by atoms with Gasteiger partial charge in [-0.05, 0) is 18.9 Å². The number of amides is 2. The van der Waals surface area contributed by atoms with E-state index in [1.165, 1.54) is 4.68 Å². The molecular weight excluding hydrogens is 275 g/mol. The van der Waals surface area contributed by atoms with Crippen molar-refractivity contribution in [2.45, 2.75) is 37.4 Å². The van der Waals surface area contributed by atoms with Crippen molar-refractivity contribution < 1.29 is 14.0 Å². The number of hydrogen-bond acceptors (Lipinski definition) is 3. The molecule has 2 amide bonds. The molecule has 2 aliphatic rings. The molecule has 1 saturated heterocycles. The zero-order valence-electron chi connectivity index (χ0n) is 12.0. The summed E-state index contributed by atoms with van der Waals surface area (Å²) < 4.78 is 16.1. The monoisotopic (exact) mass is 294 g/mol. The highest BCUT2D eigenvalue weighted by Crippen LogP contribution is 2.29. The molecular formula is C14H19FN4O2. The molecule has 1 aliphatic carbocycles. The third kappa shape index (κ3) is 2.77. The summed E-state index contributed by atoms with van der Waals surface area (Å²) in [6.07, 6.45) is 3.53. The summed E-state index contributed by atoms with van der Waals surface area (Å²) >= 11 is 0. The van der Waals surface area contributed by atoms with Gasteiger partial charge in [0.15, 0.2) is 5.67 Å². The fourth-order valence-electron chi connectivity index (χ4n) is 2.58. The Balaban J connectivity index is 1.60. The van der Waals surface area contributed by atoms with E-state index in [1.54, 1.807) is 24.2 Å². The number of likely N-dealkylation sites (tertiary alicyclic amines) is 1. The van der Waals surface area contributed by atoms with E-state index in [2.05, 4.69) is 10.4 Å². The van der Waals surface area contributed by atoms with Crippen LogP contribution in [0.5, 0.6) is 0 Å². The van der Waals surface area contributed by atoms with E-state index < -0.39 is 11.6 Å². The maximum Gasteiger partial charge on any atom is 0.272 e. The molecule has 1 N–H and O–H groups in total. The maximum atomic E-state index is 14.6. The average Bonchev–Trinajstić information content (AvgIpc) is 3.18. The SMILES string of the molecule is Cn1nccc1C(=O)N1CCC(F)(C(=O)NC2CC2)CC1. The Morgan fingerprint density at radius 3 is 2.57 bits per heavy atom. The van der Waals surface area contributed by atoms with Gasteiger partial charge in [-0.3, -0.25) is 14.3 Å². The Morgan fingerprint density at radius 1 is 1.38 bits per heavy atom. The normalized spacial score (nSPS) is 21.1. The second kappa shape index (κ2) is 5.13. The lowest BCUT2D eigenvalue weighted by Crippen LogP contribution is -2.52. The Kier molecular flexibility index (Phi) is 3.43. The number of carbonyl (C=O) groups is 2. The van der Waals surface area contributed by atoms with Gasteiger partial charge in [-0.1, -0.05) is 0 Å². The van der Waals surface area contributed by atoms with Gasteiger partial charge in [0.25, 0.3) is 11.8 Å². The minimum atomic E-state index is -1.84. The first-order valence-corrected chi connectivity index (χ1v) is 7.27. The average molecular weight is 294 g/mol. The van der Waals surface area contributed by atoms with Crippen molar-refractivity contribution in [3.8, 4) is 0 Å². The van der Waals surface area contributed by atoms with Gasteiger partial charge in [0.05, 0.1) is 0 Å². The highest BCUT2D eigenvalue weighted by molar-refractivity contribution is 5.93. The van der Waals surface area contributed by atoms with E-state index >= 15 is 0 Å². The summed E-state index contributed by atoms with van der Waals surface area (Å²) in [6.45, 7) is 0.497. The molecule has 21 heavy (non-hydrogen) atoms. The van der Waals surface area contributed by atoms with Crippen LogP contribution in [0.3, 0.4) is 0 Å². The standard InChI is InChI=1S/C14H19FN4O2/c1-18-11(4-7-16-18)12(20)19-8-5-14(15,6-9-19)13(21)17-10-2-3-10/h4,7,10H,2-3,5-6,8-9H2,1H3,(H,17,21). The molecule has 7 heteroatoms. The number of carbonyl (C=O) groups excluding carboxylic acids is 2. The van der Waals surface area contributed by atoms with Crippen LogP contribution in [0.4, 0.5) is 4.39 Å². The number of aryl methyl sites for hydroxylation is 1. The zero-order chi connectivity index (χ0) is 15.0. The van der Waals surface area contributed by atoms with Gasteiger partial charge in [-0.2, -0.15) is 5.10 Å². The molecule has 0 unspecified atom stereocenters. The van der Waals surface area contributed by atoms with Crippen LogP contribution >= 0.6 is 0 Å². The molecule has 1 aliphatic heterocycles. The number of aromatic nitrogens is 2. The van der Waals surface area contributed by atoms with Crippen molar-refractivity contribution in [2.24, 2.45) is 7.05 Å². The number of piperidine rings is 1. The van der Waals surface area contributed by atoms with Gasteiger partial charge in [0.1, 0.15) is 5.69 Å². The summed E-state index contributed by atoms with van der Waals surface area (Å²) in [6, 6.07) is 1.79. The second-order valence-electron chi connectivity index (χ2n) is 5.85. The highest BCUT2D eigenvalue weighted by atomic mass is 19.1. The molecule has 1 aromatic heterocycles. The third-order valence-corrected chi connectivity index (χ3v) is 4.20. The van der Waals surface area contributed by atoms with Crippen molar-refractivity contribution in [3.05, 3.63) is 18.0 Å². The number of hydrogen-bond donors (Lipinski definition) is 1. The van der Waals surface area contributed by atoms with Gasteiger partial charge in [-0.25, -0.2) is 4.39 Å². The third-order valence-electron chi connectivity index (χ3n) is 4.20. The lowest BCUT2D eigenvalue weighted by Gasteiger charge is -2.35. The lowest BCUT2D eigenvalue weighted by molar-refractivity contribution is -0.135. The topological polar surface area (TPSA) is 67.2 Å². The number of alkyl halides is 1. The Bertz CT molecular complexity index is 559. The molecule has 2 fully saturated rings. The van der Waals surface area contributed by atoms with Crippen LogP contribution in [0.25, 0.3) is 0 Å². The number of nitrogens with one attached hydrogen (secondary N) is 1. The zero-order valence-corrected chi connectivity index (χ0v) is 12.0. The summed E-state index contributed by atoms with van der Waals surface area (Å²) in [5, 5.41) is 6.67. The summed E-state index contributed by atoms with van der Waals surface area (Å²) in [7, 11) is 1.69. The van der Waals surface area contributed by atoms with Crippen LogP contribution < -0.4 is 5.32 Å².